The average molecular weight is 219 g/mol. The van der Waals surface area contributed by atoms with Crippen LogP contribution in [-0.4, -0.2) is 21.0 Å². The van der Waals surface area contributed by atoms with Crippen LogP contribution in [0.5, 0.6) is 0 Å². The van der Waals surface area contributed by atoms with Gasteiger partial charge < -0.3 is 10.1 Å². The molecule has 0 aliphatic rings. The second kappa shape index (κ2) is 5.39. The van der Waals surface area contributed by atoms with Gasteiger partial charge in [0, 0.05) is 18.2 Å². The fourth-order valence-corrected chi connectivity index (χ4v) is 0.930. The van der Waals surface area contributed by atoms with Crippen LogP contribution in [0.1, 0.15) is 17.8 Å². The van der Waals surface area contributed by atoms with Gasteiger partial charge in [0.2, 0.25) is 0 Å². The molecule has 0 aromatic carbocycles. The van der Waals surface area contributed by atoms with Crippen LogP contribution in [0.25, 0.3) is 0 Å². The van der Waals surface area contributed by atoms with Crippen LogP contribution in [0.2, 0.25) is 0 Å². The SMILES string of the molecule is Cc1ncc(CCC(=O)O)c(=O)[nH]1.Cl. The van der Waals surface area contributed by atoms with Crippen molar-refractivity contribution in [2.75, 3.05) is 0 Å². The van der Waals surface area contributed by atoms with Gasteiger partial charge >= 0.3 is 5.97 Å². The maximum Gasteiger partial charge on any atom is 0.303 e. The van der Waals surface area contributed by atoms with Crippen LogP contribution in [0.15, 0.2) is 11.0 Å². The highest BCUT2D eigenvalue weighted by Crippen LogP contribution is 1.94. The first-order valence-corrected chi connectivity index (χ1v) is 3.86. The van der Waals surface area contributed by atoms with E-state index < -0.39 is 5.97 Å². The van der Waals surface area contributed by atoms with E-state index in [9.17, 15) is 9.59 Å². The number of halogens is 1. The molecule has 0 fully saturated rings. The highest BCUT2D eigenvalue weighted by atomic mass is 35.5. The van der Waals surface area contributed by atoms with Crippen LogP contribution in [0.4, 0.5) is 0 Å². The first-order valence-electron chi connectivity index (χ1n) is 3.86. The van der Waals surface area contributed by atoms with Crippen LogP contribution in [0.3, 0.4) is 0 Å². The van der Waals surface area contributed by atoms with Crippen molar-refractivity contribution in [3.05, 3.63) is 27.9 Å². The summed E-state index contributed by atoms with van der Waals surface area (Å²) in [5.74, 6) is -0.385. The van der Waals surface area contributed by atoms with Gasteiger partial charge in [-0.05, 0) is 13.3 Å². The number of H-pyrrole nitrogens is 1. The van der Waals surface area contributed by atoms with Crippen molar-refractivity contribution in [2.24, 2.45) is 0 Å². The second-order valence-electron chi connectivity index (χ2n) is 2.72. The average Bonchev–Trinajstić information content (AvgIpc) is 2.02. The molecule has 0 saturated heterocycles. The lowest BCUT2D eigenvalue weighted by molar-refractivity contribution is -0.136. The topological polar surface area (TPSA) is 83.0 Å². The molecule has 0 unspecified atom stereocenters. The van der Waals surface area contributed by atoms with E-state index in [0.717, 1.165) is 0 Å². The van der Waals surface area contributed by atoms with Crippen LogP contribution >= 0.6 is 12.4 Å². The van der Waals surface area contributed by atoms with Gasteiger partial charge in [0.1, 0.15) is 5.82 Å². The fourth-order valence-electron chi connectivity index (χ4n) is 0.930. The van der Waals surface area contributed by atoms with E-state index >= 15 is 0 Å². The molecular formula is C8H11ClN2O3. The minimum atomic E-state index is -0.917. The standard InChI is InChI=1S/C8H10N2O3.ClH/c1-5-9-4-6(8(13)10-5)2-3-7(11)12;/h4H,2-3H2,1H3,(H,11,12)(H,9,10,13);1H. The maximum absolute atomic E-state index is 11.2. The summed E-state index contributed by atoms with van der Waals surface area (Å²) in [6, 6.07) is 0. The maximum atomic E-state index is 11.2. The zero-order valence-electron chi connectivity index (χ0n) is 7.61. The molecule has 1 heterocycles. The number of carbonyl (C=O) groups is 1. The summed E-state index contributed by atoms with van der Waals surface area (Å²) >= 11 is 0. The van der Waals surface area contributed by atoms with E-state index in [-0.39, 0.29) is 30.8 Å². The zero-order valence-corrected chi connectivity index (χ0v) is 8.43. The van der Waals surface area contributed by atoms with Crippen molar-refractivity contribution >= 4 is 18.4 Å². The van der Waals surface area contributed by atoms with Gasteiger partial charge in [0.25, 0.3) is 5.56 Å². The van der Waals surface area contributed by atoms with Gasteiger partial charge in [-0.2, -0.15) is 0 Å². The molecule has 0 aliphatic heterocycles. The molecule has 0 aliphatic carbocycles. The summed E-state index contributed by atoms with van der Waals surface area (Å²) in [4.78, 5) is 27.8. The lowest BCUT2D eigenvalue weighted by Crippen LogP contribution is -2.15. The van der Waals surface area contributed by atoms with E-state index in [0.29, 0.717) is 11.4 Å². The third-order valence-corrected chi connectivity index (χ3v) is 1.61. The molecule has 14 heavy (non-hydrogen) atoms. The predicted molar refractivity (Wildman–Crippen MR) is 52.8 cm³/mol. The van der Waals surface area contributed by atoms with Crippen LogP contribution in [-0.2, 0) is 11.2 Å². The normalized spacial score (nSPS) is 9.21. The number of carboxylic acid groups (broad SMARTS) is 1. The van der Waals surface area contributed by atoms with Crippen molar-refractivity contribution < 1.29 is 9.90 Å². The Kier molecular flexibility index (Phi) is 4.86. The number of carboxylic acids is 1. The molecule has 0 bridgehead atoms. The Morgan fingerprint density at radius 3 is 2.79 bits per heavy atom. The smallest absolute Gasteiger partial charge is 0.303 e. The van der Waals surface area contributed by atoms with E-state index in [4.69, 9.17) is 5.11 Å². The molecule has 1 aromatic heterocycles. The van der Waals surface area contributed by atoms with Crippen LogP contribution < -0.4 is 5.56 Å². The largest absolute Gasteiger partial charge is 0.481 e. The molecule has 0 saturated carbocycles. The molecule has 1 aromatic rings. The molecule has 0 spiro atoms. The molecule has 1 rings (SSSR count). The predicted octanol–water partition coefficient (Wildman–Crippen LogP) is 0.517. The fraction of sp³-hybridized carbons (Fsp3) is 0.375. The number of aliphatic carboxylic acids is 1. The number of aromatic nitrogens is 2. The van der Waals surface area contributed by atoms with Gasteiger partial charge in [-0.3, -0.25) is 9.59 Å². The van der Waals surface area contributed by atoms with E-state index in [1.54, 1.807) is 6.92 Å². The Morgan fingerprint density at radius 1 is 1.64 bits per heavy atom. The number of aryl methyl sites for hydroxylation is 2. The quantitative estimate of drug-likeness (QED) is 0.775. The molecular weight excluding hydrogens is 208 g/mol. The lowest BCUT2D eigenvalue weighted by Gasteiger charge is -1.97. The number of rotatable bonds is 3. The number of nitrogens with zero attached hydrogens (tertiary/aromatic N) is 1. The first-order chi connectivity index (χ1) is 6.09. The monoisotopic (exact) mass is 218 g/mol. The Hall–Kier alpha value is -1.36. The van der Waals surface area contributed by atoms with Crippen molar-refractivity contribution in [2.45, 2.75) is 19.8 Å². The molecule has 5 nitrogen and oxygen atoms in total. The van der Waals surface area contributed by atoms with Gasteiger partial charge in [-0.25, -0.2) is 4.98 Å². The van der Waals surface area contributed by atoms with Gasteiger partial charge in [0.15, 0.2) is 0 Å². The summed E-state index contributed by atoms with van der Waals surface area (Å²) in [6.07, 6.45) is 1.59. The Bertz CT molecular complexity index is 375. The zero-order chi connectivity index (χ0) is 9.84. The minimum Gasteiger partial charge on any atom is -0.481 e. The summed E-state index contributed by atoms with van der Waals surface area (Å²) in [6.45, 7) is 1.67. The molecule has 0 radical (unpaired) electrons. The second-order valence-corrected chi connectivity index (χ2v) is 2.72. The Labute approximate surface area is 86.6 Å². The van der Waals surface area contributed by atoms with Crippen LogP contribution in [0, 0.1) is 6.92 Å². The minimum absolute atomic E-state index is 0. The summed E-state index contributed by atoms with van der Waals surface area (Å²) < 4.78 is 0. The number of hydrogen-bond donors (Lipinski definition) is 2. The third kappa shape index (κ3) is 3.57. The highest BCUT2D eigenvalue weighted by molar-refractivity contribution is 5.85. The highest BCUT2D eigenvalue weighted by Gasteiger charge is 2.03. The molecule has 2 N–H and O–H groups in total. The molecule has 0 amide bonds. The Morgan fingerprint density at radius 2 is 2.29 bits per heavy atom. The number of hydrogen-bond acceptors (Lipinski definition) is 3. The van der Waals surface area contributed by atoms with E-state index in [1.807, 2.05) is 0 Å². The Balaban J connectivity index is 0.00000169. The summed E-state index contributed by atoms with van der Waals surface area (Å²) in [5.41, 5.74) is 0.154. The van der Waals surface area contributed by atoms with Gasteiger partial charge in [-0.15, -0.1) is 12.4 Å². The lowest BCUT2D eigenvalue weighted by atomic mass is 10.2. The summed E-state index contributed by atoms with van der Waals surface area (Å²) in [7, 11) is 0. The molecule has 6 heteroatoms. The van der Waals surface area contributed by atoms with Crippen molar-refractivity contribution in [1.82, 2.24) is 9.97 Å². The van der Waals surface area contributed by atoms with Gasteiger partial charge in [0.05, 0.1) is 0 Å². The third-order valence-electron chi connectivity index (χ3n) is 1.61. The number of nitrogens with one attached hydrogen (secondary N) is 1. The summed E-state index contributed by atoms with van der Waals surface area (Å²) in [5, 5.41) is 8.39. The van der Waals surface area contributed by atoms with Crippen molar-refractivity contribution in [1.29, 1.82) is 0 Å². The number of aromatic amines is 1. The molecule has 78 valence electrons. The molecule has 0 atom stereocenters. The van der Waals surface area contributed by atoms with E-state index in [2.05, 4.69) is 9.97 Å². The van der Waals surface area contributed by atoms with Crippen molar-refractivity contribution in [3.8, 4) is 0 Å². The van der Waals surface area contributed by atoms with Crippen molar-refractivity contribution in [3.63, 3.8) is 0 Å². The van der Waals surface area contributed by atoms with E-state index in [1.165, 1.54) is 6.20 Å². The first kappa shape index (κ1) is 12.6. The van der Waals surface area contributed by atoms with Gasteiger partial charge in [-0.1, -0.05) is 0 Å².